The van der Waals surface area contributed by atoms with E-state index in [9.17, 15) is 4.79 Å². The van der Waals surface area contributed by atoms with Gasteiger partial charge in [0.05, 0.1) is 23.6 Å². The molecule has 6 nitrogen and oxygen atoms in total. The van der Waals surface area contributed by atoms with E-state index in [-0.39, 0.29) is 11.9 Å². The Balaban J connectivity index is 1.97. The number of benzene rings is 1. The minimum absolute atomic E-state index is 0.0339. The number of likely N-dealkylation sites (tertiary alicyclic amines) is 1. The van der Waals surface area contributed by atoms with Crippen LogP contribution in [0, 0.1) is 12.8 Å². The number of rotatable bonds is 3. The van der Waals surface area contributed by atoms with E-state index in [1.165, 1.54) is 4.80 Å². The summed E-state index contributed by atoms with van der Waals surface area (Å²) >= 11 is 0. The minimum atomic E-state index is 0.0339. The molecule has 23 heavy (non-hydrogen) atoms. The van der Waals surface area contributed by atoms with E-state index in [0.29, 0.717) is 23.7 Å². The summed E-state index contributed by atoms with van der Waals surface area (Å²) in [6.45, 7) is 5.43. The van der Waals surface area contributed by atoms with Crippen molar-refractivity contribution in [2.75, 3.05) is 13.1 Å². The number of hydrogen-bond acceptors (Lipinski definition) is 4. The van der Waals surface area contributed by atoms with Gasteiger partial charge in [-0.2, -0.15) is 15.0 Å². The van der Waals surface area contributed by atoms with E-state index in [1.807, 2.05) is 30.0 Å². The molecule has 0 bridgehead atoms. The first-order chi connectivity index (χ1) is 11.1. The number of carbonyl (C=O) groups excluding carboxylic acids is 1. The normalized spacial score (nSPS) is 21.4. The van der Waals surface area contributed by atoms with Gasteiger partial charge in [-0.3, -0.25) is 4.79 Å². The number of aromatic nitrogens is 3. The molecular formula is C17H23N5O. The zero-order valence-corrected chi connectivity index (χ0v) is 13.6. The maximum atomic E-state index is 13.2. The first kappa shape index (κ1) is 15.7. The Kier molecular flexibility index (Phi) is 4.43. The monoisotopic (exact) mass is 313 g/mol. The van der Waals surface area contributed by atoms with Crippen LogP contribution in [0.4, 0.5) is 0 Å². The maximum absolute atomic E-state index is 13.2. The molecule has 1 amide bonds. The van der Waals surface area contributed by atoms with Gasteiger partial charge in [-0.15, -0.1) is 0 Å². The smallest absolute Gasteiger partial charge is 0.256 e. The summed E-state index contributed by atoms with van der Waals surface area (Å²) in [4.78, 5) is 16.6. The highest BCUT2D eigenvalue weighted by Gasteiger charge is 2.30. The highest BCUT2D eigenvalue weighted by Crippen LogP contribution is 2.25. The third-order valence-electron chi connectivity index (χ3n) is 4.59. The van der Waals surface area contributed by atoms with Gasteiger partial charge in [-0.1, -0.05) is 11.6 Å². The summed E-state index contributed by atoms with van der Waals surface area (Å²) < 4.78 is 0. The van der Waals surface area contributed by atoms with Gasteiger partial charge in [0.25, 0.3) is 5.91 Å². The molecule has 2 aromatic rings. The van der Waals surface area contributed by atoms with Crippen molar-refractivity contribution >= 4 is 5.91 Å². The number of piperidine rings is 1. The van der Waals surface area contributed by atoms with E-state index in [4.69, 9.17) is 5.73 Å². The van der Waals surface area contributed by atoms with Crippen molar-refractivity contribution < 1.29 is 4.79 Å². The second-order valence-electron chi connectivity index (χ2n) is 6.32. The van der Waals surface area contributed by atoms with Gasteiger partial charge < -0.3 is 10.6 Å². The summed E-state index contributed by atoms with van der Waals surface area (Å²) in [7, 11) is 0. The van der Waals surface area contributed by atoms with Crippen molar-refractivity contribution in [3.8, 4) is 5.69 Å². The molecule has 1 aliphatic heterocycles. The average Bonchev–Trinajstić information content (AvgIpc) is 3.09. The van der Waals surface area contributed by atoms with Crippen LogP contribution in [0.3, 0.4) is 0 Å². The van der Waals surface area contributed by atoms with E-state index in [1.54, 1.807) is 12.4 Å². The minimum Gasteiger partial charge on any atom is -0.336 e. The Morgan fingerprint density at radius 1 is 1.30 bits per heavy atom. The maximum Gasteiger partial charge on any atom is 0.256 e. The largest absolute Gasteiger partial charge is 0.336 e. The lowest BCUT2D eigenvalue weighted by molar-refractivity contribution is 0.0566. The number of amides is 1. The molecule has 2 heterocycles. The van der Waals surface area contributed by atoms with E-state index in [0.717, 1.165) is 24.9 Å². The van der Waals surface area contributed by atoms with Crippen molar-refractivity contribution in [2.45, 2.75) is 32.7 Å². The van der Waals surface area contributed by atoms with Gasteiger partial charge in [-0.05, 0) is 51.3 Å². The highest BCUT2D eigenvalue weighted by atomic mass is 16.2. The number of aryl methyl sites for hydroxylation is 1. The molecule has 1 aromatic heterocycles. The second kappa shape index (κ2) is 6.50. The van der Waals surface area contributed by atoms with Gasteiger partial charge in [0.15, 0.2) is 0 Å². The van der Waals surface area contributed by atoms with E-state index in [2.05, 4.69) is 17.1 Å². The first-order valence-electron chi connectivity index (χ1n) is 8.08. The molecule has 1 fully saturated rings. The van der Waals surface area contributed by atoms with Crippen molar-refractivity contribution in [1.82, 2.24) is 19.9 Å². The van der Waals surface area contributed by atoms with Gasteiger partial charge in [0.1, 0.15) is 0 Å². The van der Waals surface area contributed by atoms with Gasteiger partial charge in [0.2, 0.25) is 0 Å². The zero-order chi connectivity index (χ0) is 16.4. The SMILES string of the molecule is Cc1ccc(-n2nccn2)c(C(=O)N2C[C@H](CN)CC[C@H]2C)c1. The summed E-state index contributed by atoms with van der Waals surface area (Å²) in [6.07, 6.45) is 5.31. The molecule has 1 aromatic carbocycles. The summed E-state index contributed by atoms with van der Waals surface area (Å²) in [6, 6.07) is 6.01. The van der Waals surface area contributed by atoms with Crippen LogP contribution in [0.2, 0.25) is 0 Å². The van der Waals surface area contributed by atoms with Gasteiger partial charge in [-0.25, -0.2) is 0 Å². The summed E-state index contributed by atoms with van der Waals surface area (Å²) in [5.74, 6) is 0.415. The van der Waals surface area contributed by atoms with Gasteiger partial charge in [0, 0.05) is 12.6 Å². The van der Waals surface area contributed by atoms with Crippen molar-refractivity contribution in [2.24, 2.45) is 11.7 Å². The third-order valence-corrected chi connectivity index (χ3v) is 4.59. The zero-order valence-electron chi connectivity index (χ0n) is 13.6. The van der Waals surface area contributed by atoms with Crippen LogP contribution < -0.4 is 5.73 Å². The molecular weight excluding hydrogens is 290 g/mol. The van der Waals surface area contributed by atoms with Crippen LogP contribution >= 0.6 is 0 Å². The van der Waals surface area contributed by atoms with Crippen LogP contribution in [0.25, 0.3) is 5.69 Å². The predicted molar refractivity (Wildman–Crippen MR) is 88.4 cm³/mol. The van der Waals surface area contributed by atoms with E-state index >= 15 is 0 Å². The summed E-state index contributed by atoms with van der Waals surface area (Å²) in [5.41, 5.74) is 8.22. The molecule has 122 valence electrons. The lowest BCUT2D eigenvalue weighted by Gasteiger charge is -2.38. The number of nitrogens with two attached hydrogens (primary N) is 1. The molecule has 0 aliphatic carbocycles. The van der Waals surface area contributed by atoms with Gasteiger partial charge >= 0.3 is 0 Å². The molecule has 2 atom stereocenters. The molecule has 2 N–H and O–H groups in total. The number of nitrogens with zero attached hydrogens (tertiary/aromatic N) is 4. The molecule has 0 spiro atoms. The standard InChI is InChI=1S/C17H23N5O/c1-12-3-6-16(22-19-7-8-20-22)15(9-12)17(23)21-11-14(10-18)5-4-13(21)2/h3,6-9,13-14H,4-5,10-11,18H2,1-2H3/t13-,14+/m1/s1. The predicted octanol–water partition coefficient (Wildman–Crippen LogP) is 1.78. The van der Waals surface area contributed by atoms with Crippen molar-refractivity contribution in [1.29, 1.82) is 0 Å². The first-order valence-corrected chi connectivity index (χ1v) is 8.08. The Morgan fingerprint density at radius 2 is 2.04 bits per heavy atom. The number of hydrogen-bond donors (Lipinski definition) is 1. The molecule has 0 saturated carbocycles. The Morgan fingerprint density at radius 3 is 2.74 bits per heavy atom. The fourth-order valence-electron chi connectivity index (χ4n) is 3.15. The molecule has 0 radical (unpaired) electrons. The van der Waals surface area contributed by atoms with Crippen molar-refractivity contribution in [3.63, 3.8) is 0 Å². The highest BCUT2D eigenvalue weighted by molar-refractivity contribution is 5.98. The molecule has 6 heteroatoms. The van der Waals surface area contributed by atoms with Crippen LogP contribution in [0.1, 0.15) is 35.7 Å². The Hall–Kier alpha value is -2.21. The number of carbonyl (C=O) groups is 1. The molecule has 1 aliphatic rings. The summed E-state index contributed by atoms with van der Waals surface area (Å²) in [5, 5.41) is 8.34. The second-order valence-corrected chi connectivity index (χ2v) is 6.32. The fraction of sp³-hybridized carbons (Fsp3) is 0.471. The topological polar surface area (TPSA) is 77.0 Å². The molecule has 3 rings (SSSR count). The Bertz CT molecular complexity index is 682. The molecule has 0 unspecified atom stereocenters. The van der Waals surface area contributed by atoms with E-state index < -0.39 is 0 Å². The van der Waals surface area contributed by atoms with Crippen LogP contribution in [0.15, 0.2) is 30.6 Å². The average molecular weight is 313 g/mol. The lowest BCUT2D eigenvalue weighted by Crippen LogP contribution is -2.47. The fourth-order valence-corrected chi connectivity index (χ4v) is 3.15. The Labute approximate surface area is 136 Å². The van der Waals surface area contributed by atoms with Crippen molar-refractivity contribution in [3.05, 3.63) is 41.7 Å². The van der Waals surface area contributed by atoms with Crippen LogP contribution in [-0.2, 0) is 0 Å². The third kappa shape index (κ3) is 3.12. The lowest BCUT2D eigenvalue weighted by atomic mass is 9.92. The quantitative estimate of drug-likeness (QED) is 0.937. The van der Waals surface area contributed by atoms with Crippen LogP contribution in [-0.4, -0.2) is 44.9 Å². The molecule has 1 saturated heterocycles. The van der Waals surface area contributed by atoms with Crippen LogP contribution in [0.5, 0.6) is 0 Å².